The zero-order valence-corrected chi connectivity index (χ0v) is 45.2. The average molecular weight is 1050 g/mol. The van der Waals surface area contributed by atoms with E-state index in [2.05, 4.69) is 76.0 Å². The number of nitrogens with zero attached hydrogens (tertiary/aromatic N) is 7. The van der Waals surface area contributed by atoms with Crippen LogP contribution in [0.15, 0.2) is 60.0 Å². The molecule has 3 aliphatic heterocycles. The number of piperidine rings is 1. The Labute approximate surface area is 443 Å². The summed E-state index contributed by atoms with van der Waals surface area (Å²) >= 11 is 14.9. The van der Waals surface area contributed by atoms with Gasteiger partial charge in [-0.15, -0.1) is 11.3 Å². The molecule has 4 aliphatic rings. The van der Waals surface area contributed by atoms with E-state index in [-0.39, 0.29) is 42.7 Å². The van der Waals surface area contributed by atoms with Crippen molar-refractivity contribution in [3.05, 3.63) is 97.4 Å². The molecule has 9 rings (SSSR count). The van der Waals surface area contributed by atoms with Crippen molar-refractivity contribution in [3.63, 3.8) is 0 Å². The molecular weight excluding hydrogens is 982 g/mol. The molecule has 0 spiro atoms. The second-order valence-electron chi connectivity index (χ2n) is 20.7. The fourth-order valence-corrected chi connectivity index (χ4v) is 12.8. The first kappa shape index (κ1) is 52.5. The molecule has 1 aliphatic carbocycles. The first-order valence-electron chi connectivity index (χ1n) is 26.1. The average Bonchev–Trinajstić information content (AvgIpc) is 3.88. The number of anilines is 2. The van der Waals surface area contributed by atoms with Crippen molar-refractivity contribution < 1.29 is 23.9 Å². The van der Waals surface area contributed by atoms with Crippen LogP contribution in [0.5, 0.6) is 5.75 Å². The number of rotatable bonds is 16. The minimum Gasteiger partial charge on any atom is -0.496 e. The van der Waals surface area contributed by atoms with Crippen LogP contribution < -0.4 is 20.3 Å². The molecule has 1 atom stereocenters. The van der Waals surface area contributed by atoms with Crippen molar-refractivity contribution in [3.8, 4) is 16.9 Å². The number of halogens is 2. The minimum absolute atomic E-state index is 0.0137. The molecule has 5 aromatic rings. The molecule has 3 aromatic carbocycles. The lowest BCUT2D eigenvalue weighted by Crippen LogP contribution is -2.50. The quantitative estimate of drug-likeness (QED) is 0.0917. The third-order valence-corrected chi connectivity index (χ3v) is 17.2. The van der Waals surface area contributed by atoms with Crippen LogP contribution in [0, 0.1) is 18.8 Å². The van der Waals surface area contributed by atoms with E-state index in [0.29, 0.717) is 47.0 Å². The highest BCUT2D eigenvalue weighted by Crippen LogP contribution is 2.43. The van der Waals surface area contributed by atoms with Gasteiger partial charge in [-0.2, -0.15) is 0 Å². The summed E-state index contributed by atoms with van der Waals surface area (Å²) in [5.74, 6) is 3.14. The van der Waals surface area contributed by atoms with Crippen LogP contribution in [0.3, 0.4) is 0 Å². The fraction of sp³-hybridized carbons (Fsp3) is 0.500. The molecule has 14 nitrogen and oxygen atoms in total. The minimum atomic E-state index is -0.526. The maximum Gasteiger partial charge on any atom is 0.328 e. The summed E-state index contributed by atoms with van der Waals surface area (Å²) in [6.45, 7) is 10.9. The topological polar surface area (TPSA) is 144 Å². The molecule has 5 amide bonds. The van der Waals surface area contributed by atoms with Crippen molar-refractivity contribution in [2.24, 2.45) is 11.8 Å². The van der Waals surface area contributed by atoms with E-state index in [1.165, 1.54) is 15.3 Å². The number of nitrogens with one attached hydrogen (secondary N) is 2. The molecule has 5 heterocycles. The van der Waals surface area contributed by atoms with Crippen molar-refractivity contribution in [1.29, 1.82) is 0 Å². The highest BCUT2D eigenvalue weighted by molar-refractivity contribution is 7.10. The Morgan fingerprint density at radius 1 is 0.890 bits per heavy atom. The first-order chi connectivity index (χ1) is 35.2. The van der Waals surface area contributed by atoms with Crippen molar-refractivity contribution in [2.75, 3.05) is 83.8 Å². The van der Waals surface area contributed by atoms with Gasteiger partial charge in [0.05, 0.1) is 29.4 Å². The lowest BCUT2D eigenvalue weighted by molar-refractivity contribution is -0.138. The number of fused-ring (bicyclic) bond motifs is 1. The predicted octanol–water partition coefficient (Wildman–Crippen LogP) is 10.8. The number of carbonyl (C=O) groups is 4. The number of methoxy groups -OCH3 is 1. The summed E-state index contributed by atoms with van der Waals surface area (Å²) < 4.78 is 6.02. The maximum atomic E-state index is 13.9. The lowest BCUT2D eigenvalue weighted by Gasteiger charge is -2.38. The Hall–Kier alpha value is -5.32. The summed E-state index contributed by atoms with van der Waals surface area (Å²) in [7, 11) is 5.87. The van der Waals surface area contributed by atoms with Gasteiger partial charge in [-0.1, -0.05) is 48.2 Å². The standard InChI is InChI=1S/C56H69Cl2N9O5S/c1-35(50-30-42(34-73-50)52-41(33-63(3)4)10-8-11-46(52)58)59-53-44-31-43(49(72-5)32-47(44)60-36(2)61-53)38-12-14-39(15-13-38)54(69)66-27-25-64(26-28-66)21-7-6-9-37-18-22-65(23-19-37)55(70)40-16-17-45(57)48(29-40)67-24-20-51(68)62-56(67)71/h8,10-11,16-17,29-32,34-35,37-39H,6-7,9,12-15,18-28,33H2,1-5H3,(H,59,60,61)(H,62,68,71)/t35-,38?,39?/m1/s1. The number of thiophene rings is 1. The zero-order valence-electron chi connectivity index (χ0n) is 42.9. The number of imide groups is 1. The molecule has 0 unspecified atom stereocenters. The monoisotopic (exact) mass is 1050 g/mol. The Morgan fingerprint density at radius 3 is 2.38 bits per heavy atom. The molecule has 2 aromatic heterocycles. The highest BCUT2D eigenvalue weighted by atomic mass is 35.5. The molecule has 3 saturated heterocycles. The van der Waals surface area contributed by atoms with Crippen LogP contribution in [0.4, 0.5) is 16.3 Å². The van der Waals surface area contributed by atoms with Gasteiger partial charge in [0.2, 0.25) is 11.8 Å². The summed E-state index contributed by atoms with van der Waals surface area (Å²) in [6, 6.07) is 17.1. The van der Waals surface area contributed by atoms with Gasteiger partial charge in [0, 0.05) is 97.2 Å². The Kier molecular flexibility index (Phi) is 16.9. The van der Waals surface area contributed by atoms with Crippen molar-refractivity contribution >= 4 is 80.7 Å². The Morgan fingerprint density at radius 2 is 1.66 bits per heavy atom. The molecule has 1 saturated carbocycles. The van der Waals surface area contributed by atoms with Gasteiger partial charge < -0.3 is 24.8 Å². The fourth-order valence-electron chi connectivity index (χ4n) is 11.4. The Bertz CT molecular complexity index is 2820. The van der Waals surface area contributed by atoms with Crippen LogP contribution in [0.25, 0.3) is 22.0 Å². The number of hydrogen-bond donors (Lipinski definition) is 2. The second kappa shape index (κ2) is 23.5. The maximum absolute atomic E-state index is 13.9. The number of urea groups is 1. The highest BCUT2D eigenvalue weighted by Gasteiger charge is 2.34. The van der Waals surface area contributed by atoms with Gasteiger partial charge in [-0.3, -0.25) is 29.5 Å². The van der Waals surface area contributed by atoms with Gasteiger partial charge in [0.25, 0.3) is 5.91 Å². The number of amides is 5. The van der Waals surface area contributed by atoms with Crippen LogP contribution in [0.2, 0.25) is 10.0 Å². The number of hydrogen-bond acceptors (Lipinski definition) is 11. The third-order valence-electron chi connectivity index (χ3n) is 15.4. The number of ether oxygens (including phenoxy) is 1. The second-order valence-corrected chi connectivity index (χ2v) is 22.5. The number of aryl methyl sites for hydroxylation is 1. The van der Waals surface area contributed by atoms with Gasteiger partial charge in [0.15, 0.2) is 0 Å². The van der Waals surface area contributed by atoms with Crippen LogP contribution in [-0.2, 0) is 16.1 Å². The summed E-state index contributed by atoms with van der Waals surface area (Å²) in [5, 5.41) is 10.3. The van der Waals surface area contributed by atoms with Crippen molar-refractivity contribution in [1.82, 2.24) is 34.9 Å². The van der Waals surface area contributed by atoms with E-state index in [4.69, 9.17) is 37.9 Å². The van der Waals surface area contributed by atoms with Gasteiger partial charge in [-0.25, -0.2) is 14.8 Å². The molecular formula is C56H69Cl2N9O5S. The van der Waals surface area contributed by atoms with E-state index in [0.717, 1.165) is 141 Å². The number of piperazine rings is 1. The van der Waals surface area contributed by atoms with Crippen LogP contribution in [0.1, 0.15) is 115 Å². The van der Waals surface area contributed by atoms with E-state index in [1.807, 2.05) is 24.0 Å². The smallest absolute Gasteiger partial charge is 0.328 e. The lowest BCUT2D eigenvalue weighted by atomic mass is 9.77. The third kappa shape index (κ3) is 12.3. The van der Waals surface area contributed by atoms with Crippen molar-refractivity contribution in [2.45, 2.75) is 96.6 Å². The number of carbonyl (C=O) groups excluding carboxylic acids is 4. The van der Waals surface area contributed by atoms with E-state index < -0.39 is 6.03 Å². The van der Waals surface area contributed by atoms with E-state index >= 15 is 0 Å². The molecule has 17 heteroatoms. The van der Waals surface area contributed by atoms with Gasteiger partial charge in [-0.05, 0) is 150 Å². The number of likely N-dealkylation sites (tertiary alicyclic amines) is 1. The number of unbranched alkanes of at least 4 members (excludes halogenated alkanes) is 1. The molecule has 73 heavy (non-hydrogen) atoms. The van der Waals surface area contributed by atoms with E-state index in [9.17, 15) is 19.2 Å². The molecule has 2 N–H and O–H groups in total. The van der Waals surface area contributed by atoms with Crippen LogP contribution in [-0.4, -0.2) is 127 Å². The predicted molar refractivity (Wildman–Crippen MR) is 292 cm³/mol. The molecule has 0 bridgehead atoms. The normalized spacial score (nSPS) is 19.6. The molecule has 0 radical (unpaired) electrons. The number of aromatic nitrogens is 2. The summed E-state index contributed by atoms with van der Waals surface area (Å²) in [6.07, 6.45) is 9.09. The first-order valence-corrected chi connectivity index (χ1v) is 27.7. The largest absolute Gasteiger partial charge is 0.496 e. The van der Waals surface area contributed by atoms with Gasteiger partial charge >= 0.3 is 6.03 Å². The van der Waals surface area contributed by atoms with Crippen LogP contribution >= 0.6 is 34.5 Å². The van der Waals surface area contributed by atoms with Gasteiger partial charge in [0.1, 0.15) is 17.4 Å². The molecule has 388 valence electrons. The van der Waals surface area contributed by atoms with E-state index in [1.54, 1.807) is 36.6 Å². The Balaban J connectivity index is 0.720. The molecule has 4 fully saturated rings. The number of benzene rings is 3. The zero-order chi connectivity index (χ0) is 51.3. The summed E-state index contributed by atoms with van der Waals surface area (Å²) in [4.78, 5) is 72.6. The summed E-state index contributed by atoms with van der Waals surface area (Å²) in [5.41, 5.74) is 6.32. The SMILES string of the molecule is COc1cc2nc(C)nc(N[C@H](C)c3cc(-c4c(Cl)cccc4CN(C)C)cs3)c2cc1C1CCC(C(=O)N2CCN(CCCCC3CCN(C(=O)c4ccc(Cl)c(N5CCC(=O)NC5=O)c4)CC3)CC2)CC1.